The largest absolute Gasteiger partial charge is 0.362 e. The van der Waals surface area contributed by atoms with Gasteiger partial charge in [-0.1, -0.05) is 0 Å². The number of hydrazine groups is 1. The molecule has 2 amide bonds. The van der Waals surface area contributed by atoms with Gasteiger partial charge in [0.25, 0.3) is 5.91 Å². The molecule has 4 N–H and O–H groups in total. The number of hydrogen-bond acceptors (Lipinski definition) is 4. The fourth-order valence-corrected chi connectivity index (χ4v) is 2.60. The lowest BCUT2D eigenvalue weighted by molar-refractivity contribution is -0.113. The number of nitrogens with one attached hydrogen (secondary N) is 4. The van der Waals surface area contributed by atoms with E-state index in [9.17, 15) is 9.59 Å². The van der Waals surface area contributed by atoms with Crippen molar-refractivity contribution >= 4 is 46.6 Å². The molecule has 1 heterocycles. The van der Waals surface area contributed by atoms with Crippen LogP contribution in [-0.2, 0) is 4.79 Å². The minimum Gasteiger partial charge on any atom is -0.362 e. The van der Waals surface area contributed by atoms with Crippen LogP contribution in [0.25, 0.3) is 0 Å². The average Bonchev–Trinajstić information content (AvgIpc) is 2.44. The first-order valence-corrected chi connectivity index (χ1v) is 7.40. The van der Waals surface area contributed by atoms with Crippen LogP contribution in [0.4, 0.5) is 5.69 Å². The minimum atomic E-state index is -0.321. The Hall–Kier alpha value is -1.80. The Morgan fingerprint density at radius 1 is 1.45 bits per heavy atom. The van der Waals surface area contributed by atoms with E-state index in [1.807, 2.05) is 13.0 Å². The fraction of sp³-hybridized carbons (Fsp3) is 0.250. The Morgan fingerprint density at radius 3 is 3.00 bits per heavy atom. The Bertz CT molecular complexity index is 562. The summed E-state index contributed by atoms with van der Waals surface area (Å²) in [6, 6.07) is 5.17. The van der Waals surface area contributed by atoms with Crippen LogP contribution in [0.3, 0.4) is 0 Å². The van der Waals surface area contributed by atoms with Crippen LogP contribution >= 0.6 is 24.0 Å². The van der Waals surface area contributed by atoms with E-state index in [-0.39, 0.29) is 11.8 Å². The Balaban J connectivity index is 2.02. The molecule has 0 radical (unpaired) electrons. The highest BCUT2D eigenvalue weighted by molar-refractivity contribution is 8.00. The highest BCUT2D eigenvalue weighted by Gasteiger charge is 2.17. The van der Waals surface area contributed by atoms with Crippen LogP contribution in [0.5, 0.6) is 0 Å². The Morgan fingerprint density at radius 2 is 2.25 bits per heavy atom. The quantitative estimate of drug-likeness (QED) is 0.479. The zero-order valence-corrected chi connectivity index (χ0v) is 12.4. The molecule has 1 aliphatic rings. The molecule has 8 heteroatoms. The van der Waals surface area contributed by atoms with Crippen molar-refractivity contribution in [2.75, 3.05) is 17.6 Å². The smallest absolute Gasteiger partial charge is 0.269 e. The highest BCUT2D eigenvalue weighted by atomic mass is 32.2. The molecule has 20 heavy (non-hydrogen) atoms. The van der Waals surface area contributed by atoms with Gasteiger partial charge in [-0.05, 0) is 37.3 Å². The molecular formula is C12H14N4O2S2. The van der Waals surface area contributed by atoms with Crippen molar-refractivity contribution in [3.05, 3.63) is 23.8 Å². The number of hydrogen-bond donors (Lipinski definition) is 4. The Kier molecular flexibility index (Phi) is 4.80. The molecule has 1 aliphatic heterocycles. The molecule has 106 valence electrons. The molecule has 0 aromatic heterocycles. The summed E-state index contributed by atoms with van der Waals surface area (Å²) in [5.41, 5.74) is 6.19. The summed E-state index contributed by atoms with van der Waals surface area (Å²) >= 11 is 6.39. The molecule has 0 atom stereocenters. The molecular weight excluding hydrogens is 296 g/mol. The number of thioether (sulfide) groups is 1. The normalized spacial score (nSPS) is 12.9. The van der Waals surface area contributed by atoms with Gasteiger partial charge in [0.1, 0.15) is 0 Å². The monoisotopic (exact) mass is 310 g/mol. The number of carbonyl (C=O) groups is 2. The zero-order chi connectivity index (χ0) is 14.5. The van der Waals surface area contributed by atoms with Crippen molar-refractivity contribution in [1.29, 1.82) is 0 Å². The third-order valence-electron chi connectivity index (χ3n) is 2.50. The van der Waals surface area contributed by atoms with Crippen molar-refractivity contribution in [1.82, 2.24) is 16.2 Å². The number of fused-ring (bicyclic) bond motifs is 1. The van der Waals surface area contributed by atoms with Gasteiger partial charge in [-0.3, -0.25) is 20.4 Å². The molecule has 0 aliphatic carbocycles. The van der Waals surface area contributed by atoms with Crippen LogP contribution in [-0.4, -0.2) is 29.2 Å². The summed E-state index contributed by atoms with van der Waals surface area (Å²) in [5, 5.41) is 5.95. The summed E-state index contributed by atoms with van der Waals surface area (Å²) in [7, 11) is 0. The van der Waals surface area contributed by atoms with Crippen molar-refractivity contribution in [3.63, 3.8) is 0 Å². The van der Waals surface area contributed by atoms with E-state index in [4.69, 9.17) is 12.2 Å². The van der Waals surface area contributed by atoms with Crippen LogP contribution < -0.4 is 21.5 Å². The summed E-state index contributed by atoms with van der Waals surface area (Å²) < 4.78 is 0. The predicted molar refractivity (Wildman–Crippen MR) is 82.7 cm³/mol. The lowest BCUT2D eigenvalue weighted by Crippen LogP contribution is -2.46. The zero-order valence-electron chi connectivity index (χ0n) is 10.8. The average molecular weight is 310 g/mol. The molecule has 2 rings (SSSR count). The summed E-state index contributed by atoms with van der Waals surface area (Å²) in [5.74, 6) is 0.0150. The van der Waals surface area contributed by atoms with Crippen LogP contribution in [0.1, 0.15) is 17.3 Å². The van der Waals surface area contributed by atoms with Crippen molar-refractivity contribution in [2.45, 2.75) is 11.8 Å². The minimum absolute atomic E-state index is 0.0634. The van der Waals surface area contributed by atoms with E-state index in [1.54, 1.807) is 12.1 Å². The molecule has 6 nitrogen and oxygen atoms in total. The lowest BCUT2D eigenvalue weighted by Gasteiger charge is -2.17. The lowest BCUT2D eigenvalue weighted by atomic mass is 10.2. The third kappa shape index (κ3) is 3.61. The van der Waals surface area contributed by atoms with Gasteiger partial charge in [-0.15, -0.1) is 11.8 Å². The predicted octanol–water partition coefficient (Wildman–Crippen LogP) is 0.860. The maximum Gasteiger partial charge on any atom is 0.269 e. The van der Waals surface area contributed by atoms with Crippen molar-refractivity contribution < 1.29 is 9.59 Å². The summed E-state index contributed by atoms with van der Waals surface area (Å²) in [6.07, 6.45) is 0. The first-order valence-electron chi connectivity index (χ1n) is 6.01. The molecule has 0 saturated heterocycles. The number of anilines is 1. The third-order valence-corrected chi connectivity index (χ3v) is 3.82. The van der Waals surface area contributed by atoms with E-state index in [0.717, 1.165) is 4.90 Å². The first-order chi connectivity index (χ1) is 9.60. The molecule has 0 saturated carbocycles. The molecule has 1 aromatic carbocycles. The van der Waals surface area contributed by atoms with Gasteiger partial charge in [0.15, 0.2) is 5.11 Å². The van der Waals surface area contributed by atoms with Gasteiger partial charge in [-0.25, -0.2) is 0 Å². The van der Waals surface area contributed by atoms with Crippen molar-refractivity contribution in [3.8, 4) is 0 Å². The molecule has 0 fully saturated rings. The fourth-order valence-electron chi connectivity index (χ4n) is 1.61. The first kappa shape index (κ1) is 14.6. The van der Waals surface area contributed by atoms with Crippen LogP contribution in [0, 0.1) is 0 Å². The number of rotatable bonds is 2. The van der Waals surface area contributed by atoms with Gasteiger partial charge >= 0.3 is 0 Å². The van der Waals surface area contributed by atoms with Crippen molar-refractivity contribution in [2.24, 2.45) is 0 Å². The maximum absolute atomic E-state index is 11.9. The maximum atomic E-state index is 11.9. The molecule has 1 aromatic rings. The Labute approximate surface area is 126 Å². The van der Waals surface area contributed by atoms with Crippen LogP contribution in [0.2, 0.25) is 0 Å². The topological polar surface area (TPSA) is 82.3 Å². The summed E-state index contributed by atoms with van der Waals surface area (Å²) in [6.45, 7) is 2.57. The van der Waals surface area contributed by atoms with Gasteiger partial charge < -0.3 is 10.6 Å². The second kappa shape index (κ2) is 6.58. The highest BCUT2D eigenvalue weighted by Crippen LogP contribution is 2.31. The van der Waals surface area contributed by atoms with E-state index in [1.165, 1.54) is 11.8 Å². The standard InChI is InChI=1S/C12H14N4O2S2/c1-2-13-12(19)16-15-11(18)7-3-4-9-8(5-7)14-10(17)6-20-9/h3-5H,2,6H2,1H3,(H,14,17)(H,15,18)(H2,13,16,19). The van der Waals surface area contributed by atoms with Gasteiger partial charge in [0, 0.05) is 17.0 Å². The molecule has 0 unspecified atom stereocenters. The molecule has 0 bridgehead atoms. The summed E-state index contributed by atoms with van der Waals surface area (Å²) in [4.78, 5) is 24.2. The van der Waals surface area contributed by atoms with Gasteiger partial charge in [0.2, 0.25) is 5.91 Å². The van der Waals surface area contributed by atoms with E-state index in [0.29, 0.717) is 28.7 Å². The van der Waals surface area contributed by atoms with E-state index in [2.05, 4.69) is 21.5 Å². The van der Waals surface area contributed by atoms with Gasteiger partial charge in [0.05, 0.1) is 11.4 Å². The second-order valence-corrected chi connectivity index (χ2v) is 5.41. The van der Waals surface area contributed by atoms with E-state index >= 15 is 0 Å². The second-order valence-electron chi connectivity index (χ2n) is 3.99. The van der Waals surface area contributed by atoms with Gasteiger partial charge in [-0.2, -0.15) is 0 Å². The van der Waals surface area contributed by atoms with Crippen LogP contribution in [0.15, 0.2) is 23.1 Å². The van der Waals surface area contributed by atoms with E-state index < -0.39 is 0 Å². The number of benzene rings is 1. The number of amides is 2. The number of thiocarbonyl (C=S) groups is 1. The SMILES string of the molecule is CCNC(=S)NNC(=O)c1ccc2c(c1)NC(=O)CS2. The molecule has 0 spiro atoms. The number of carbonyl (C=O) groups excluding carboxylic acids is 2.